The number of likely N-dealkylation sites (N-methyl/N-ethyl adjacent to an activating group) is 1. The molecule has 0 saturated heterocycles. The SMILES string of the molecule is CC/C=C\C/C=C\C/C=C\C/C=C\CCCCCCCCCCCCCCCCCCCCC(=O)NC(COP(=O)([O-])OCC[N+](C)(C)C)C(O)/C=C/CCCCCCCC. The highest BCUT2D eigenvalue weighted by Crippen LogP contribution is 2.38. The van der Waals surface area contributed by atoms with Crippen LogP contribution in [0.25, 0.3) is 0 Å². The molecule has 9 heteroatoms. The van der Waals surface area contributed by atoms with Gasteiger partial charge in [-0.3, -0.25) is 9.36 Å². The third kappa shape index (κ3) is 46.0. The molecule has 0 spiro atoms. The van der Waals surface area contributed by atoms with Gasteiger partial charge < -0.3 is 28.8 Å². The molecule has 0 saturated carbocycles. The van der Waals surface area contributed by atoms with Crippen LogP contribution in [0.2, 0.25) is 0 Å². The van der Waals surface area contributed by atoms with E-state index in [1.165, 1.54) is 128 Å². The number of nitrogens with one attached hydrogen (secondary N) is 1. The van der Waals surface area contributed by atoms with E-state index in [0.717, 1.165) is 64.2 Å². The van der Waals surface area contributed by atoms with Gasteiger partial charge in [0.15, 0.2) is 0 Å². The second-order valence-electron chi connectivity index (χ2n) is 18.1. The monoisotopic (exact) mass is 877 g/mol. The minimum absolute atomic E-state index is 0.00186. The standard InChI is InChI=1S/C52H97N2O6P/c1-6-8-10-12-14-16-17-18-19-20-21-22-23-24-25-26-27-28-29-30-31-32-33-34-35-36-37-38-40-42-44-46-52(56)53-50(49-60-61(57,58)59-48-47-54(3,4)5)51(55)45-43-41-39-15-13-11-9-7-2/h8,10,14,16,18-19,21-22,43,45,50-51,55H,6-7,9,11-13,15,17,20,23-42,44,46-49H2,1-5H3,(H-,53,56,57,58)/b10-8-,16-14-,19-18-,22-21-,45-43+. The molecule has 0 aliphatic carbocycles. The molecule has 0 bridgehead atoms. The van der Waals surface area contributed by atoms with Crippen LogP contribution in [0, 0.1) is 0 Å². The van der Waals surface area contributed by atoms with Gasteiger partial charge in [-0.1, -0.05) is 209 Å². The lowest BCUT2D eigenvalue weighted by atomic mass is 10.0. The van der Waals surface area contributed by atoms with Crippen molar-refractivity contribution in [3.63, 3.8) is 0 Å². The van der Waals surface area contributed by atoms with E-state index in [1.807, 2.05) is 27.2 Å². The molecule has 0 aliphatic rings. The average molecular weight is 877 g/mol. The zero-order valence-corrected chi connectivity index (χ0v) is 41.2. The number of aliphatic hydroxyl groups is 1. The molecule has 61 heavy (non-hydrogen) atoms. The van der Waals surface area contributed by atoms with Gasteiger partial charge in [0.1, 0.15) is 13.2 Å². The number of unbranched alkanes of at least 4 members (excludes halogenated alkanes) is 24. The van der Waals surface area contributed by atoms with Gasteiger partial charge in [0.05, 0.1) is 39.9 Å². The largest absolute Gasteiger partial charge is 0.756 e. The molecule has 0 aromatic rings. The summed E-state index contributed by atoms with van der Waals surface area (Å²) in [6, 6.07) is -0.884. The fourth-order valence-electron chi connectivity index (χ4n) is 7.03. The molecular weight excluding hydrogens is 780 g/mol. The Morgan fingerprint density at radius 2 is 1.00 bits per heavy atom. The molecular formula is C52H97N2O6P. The summed E-state index contributed by atoms with van der Waals surface area (Å²) in [6.07, 6.45) is 57.4. The Hall–Kier alpha value is -1.80. The summed E-state index contributed by atoms with van der Waals surface area (Å²) in [4.78, 5) is 25.3. The molecule has 3 unspecified atom stereocenters. The van der Waals surface area contributed by atoms with E-state index in [4.69, 9.17) is 9.05 Å². The van der Waals surface area contributed by atoms with Crippen LogP contribution in [0.5, 0.6) is 0 Å². The van der Waals surface area contributed by atoms with Crippen molar-refractivity contribution in [1.29, 1.82) is 0 Å². The molecule has 0 aliphatic heterocycles. The normalized spacial score (nSPS) is 14.7. The average Bonchev–Trinajstić information content (AvgIpc) is 3.21. The summed E-state index contributed by atoms with van der Waals surface area (Å²) in [5.74, 6) is -0.201. The van der Waals surface area contributed by atoms with Crippen molar-refractivity contribution in [2.24, 2.45) is 0 Å². The van der Waals surface area contributed by atoms with Crippen LogP contribution in [0.15, 0.2) is 60.8 Å². The van der Waals surface area contributed by atoms with Crippen LogP contribution in [0.3, 0.4) is 0 Å². The first-order chi connectivity index (χ1) is 29.5. The van der Waals surface area contributed by atoms with Gasteiger partial charge >= 0.3 is 0 Å². The molecule has 0 heterocycles. The highest BCUT2D eigenvalue weighted by Gasteiger charge is 2.23. The molecule has 356 valence electrons. The number of phosphoric ester groups is 1. The number of hydrogen-bond donors (Lipinski definition) is 2. The summed E-state index contributed by atoms with van der Waals surface area (Å²) in [6.45, 7) is 4.49. The third-order valence-corrected chi connectivity index (χ3v) is 11.9. The lowest BCUT2D eigenvalue weighted by Crippen LogP contribution is -2.45. The number of phosphoric acid groups is 1. The Labute approximate surface area is 377 Å². The molecule has 1 amide bonds. The highest BCUT2D eigenvalue weighted by molar-refractivity contribution is 7.45. The van der Waals surface area contributed by atoms with Crippen molar-refractivity contribution < 1.29 is 32.9 Å². The van der Waals surface area contributed by atoms with Crippen LogP contribution >= 0.6 is 7.82 Å². The molecule has 2 N–H and O–H groups in total. The molecule has 8 nitrogen and oxygen atoms in total. The summed E-state index contributed by atoms with van der Waals surface area (Å²) in [5, 5.41) is 13.7. The number of carbonyl (C=O) groups is 1. The topological polar surface area (TPSA) is 108 Å². The number of quaternary nitrogens is 1. The zero-order valence-electron chi connectivity index (χ0n) is 40.4. The fourth-order valence-corrected chi connectivity index (χ4v) is 7.75. The predicted molar refractivity (Wildman–Crippen MR) is 261 cm³/mol. The second-order valence-corrected chi connectivity index (χ2v) is 19.6. The minimum Gasteiger partial charge on any atom is -0.756 e. The quantitative estimate of drug-likeness (QED) is 0.0273. The van der Waals surface area contributed by atoms with Crippen molar-refractivity contribution in [2.75, 3.05) is 40.9 Å². The van der Waals surface area contributed by atoms with Crippen LogP contribution in [-0.2, 0) is 18.4 Å². The van der Waals surface area contributed by atoms with E-state index in [2.05, 4.69) is 67.8 Å². The number of carbonyl (C=O) groups excluding carboxylic acids is 1. The van der Waals surface area contributed by atoms with E-state index in [0.29, 0.717) is 17.4 Å². The lowest BCUT2D eigenvalue weighted by molar-refractivity contribution is -0.870. The number of nitrogens with zero attached hydrogens (tertiary/aromatic N) is 1. The molecule has 0 radical (unpaired) electrons. The maximum atomic E-state index is 12.8. The summed E-state index contributed by atoms with van der Waals surface area (Å²) in [5.41, 5.74) is 0. The van der Waals surface area contributed by atoms with Gasteiger partial charge in [-0.15, -0.1) is 0 Å². The van der Waals surface area contributed by atoms with Crippen LogP contribution in [0.1, 0.15) is 213 Å². The Bertz CT molecular complexity index is 1180. The maximum absolute atomic E-state index is 12.8. The molecule has 3 atom stereocenters. The van der Waals surface area contributed by atoms with Crippen molar-refractivity contribution in [3.05, 3.63) is 60.8 Å². The van der Waals surface area contributed by atoms with Crippen LogP contribution < -0.4 is 10.2 Å². The van der Waals surface area contributed by atoms with Gasteiger partial charge in [-0.2, -0.15) is 0 Å². The highest BCUT2D eigenvalue weighted by atomic mass is 31.2. The number of allylic oxidation sites excluding steroid dienone is 9. The van der Waals surface area contributed by atoms with Gasteiger partial charge in [0.25, 0.3) is 7.82 Å². The Balaban J connectivity index is 3.97. The number of hydrogen-bond acceptors (Lipinski definition) is 6. The van der Waals surface area contributed by atoms with Gasteiger partial charge in [-0.25, -0.2) is 0 Å². The van der Waals surface area contributed by atoms with E-state index >= 15 is 0 Å². The zero-order chi connectivity index (χ0) is 45.0. The number of aliphatic hydroxyl groups excluding tert-OH is 1. The van der Waals surface area contributed by atoms with E-state index < -0.39 is 20.0 Å². The van der Waals surface area contributed by atoms with Crippen molar-refractivity contribution in [3.8, 4) is 0 Å². The Morgan fingerprint density at radius 3 is 1.46 bits per heavy atom. The lowest BCUT2D eigenvalue weighted by Gasteiger charge is -2.29. The third-order valence-electron chi connectivity index (χ3n) is 11.0. The maximum Gasteiger partial charge on any atom is 0.268 e. The van der Waals surface area contributed by atoms with E-state index in [9.17, 15) is 19.4 Å². The van der Waals surface area contributed by atoms with Crippen LogP contribution in [-0.4, -0.2) is 68.5 Å². The van der Waals surface area contributed by atoms with E-state index in [-0.39, 0.29) is 19.1 Å². The number of amides is 1. The number of rotatable bonds is 45. The first-order valence-electron chi connectivity index (χ1n) is 25.2. The van der Waals surface area contributed by atoms with E-state index in [1.54, 1.807) is 6.08 Å². The second kappa shape index (κ2) is 43.5. The minimum atomic E-state index is -4.58. The summed E-state index contributed by atoms with van der Waals surface area (Å²) < 4.78 is 23.1. The van der Waals surface area contributed by atoms with Crippen molar-refractivity contribution in [2.45, 2.75) is 225 Å². The van der Waals surface area contributed by atoms with Crippen molar-refractivity contribution in [1.82, 2.24) is 5.32 Å². The molecule has 0 fully saturated rings. The molecule has 0 rings (SSSR count). The first kappa shape index (κ1) is 59.2. The Kier molecular flexibility index (Phi) is 42.2. The fraction of sp³-hybridized carbons (Fsp3) is 0.788. The molecule has 0 aromatic carbocycles. The summed E-state index contributed by atoms with van der Waals surface area (Å²) in [7, 11) is 1.26. The Morgan fingerprint density at radius 1 is 0.590 bits per heavy atom. The van der Waals surface area contributed by atoms with Gasteiger partial charge in [0, 0.05) is 6.42 Å². The van der Waals surface area contributed by atoms with Gasteiger partial charge in [0.2, 0.25) is 5.91 Å². The van der Waals surface area contributed by atoms with Gasteiger partial charge in [-0.05, 0) is 57.8 Å². The first-order valence-corrected chi connectivity index (χ1v) is 26.6. The summed E-state index contributed by atoms with van der Waals surface area (Å²) >= 11 is 0. The van der Waals surface area contributed by atoms with Crippen molar-refractivity contribution >= 4 is 13.7 Å². The molecule has 0 aromatic heterocycles. The smallest absolute Gasteiger partial charge is 0.268 e. The predicted octanol–water partition coefficient (Wildman–Crippen LogP) is 14.0. The van der Waals surface area contributed by atoms with Crippen LogP contribution in [0.4, 0.5) is 0 Å².